The molecular weight excluding hydrogens is 220 g/mol. The minimum absolute atomic E-state index is 0.0791. The highest BCUT2D eigenvalue weighted by Crippen LogP contribution is 2.36. The van der Waals surface area contributed by atoms with Crippen LogP contribution in [0.15, 0.2) is 0 Å². The zero-order valence-electron chi connectivity index (χ0n) is 10.6. The van der Waals surface area contributed by atoms with Crippen LogP contribution in [0, 0.1) is 0 Å². The number of hydrogen-bond donors (Lipinski definition) is 2. The molecule has 0 aromatic heterocycles. The predicted octanol–water partition coefficient (Wildman–Crippen LogP) is 1.78. The van der Waals surface area contributed by atoms with Crippen LogP contribution in [0.5, 0.6) is 0 Å². The molecule has 0 aromatic carbocycles. The molecule has 0 saturated carbocycles. The third kappa shape index (κ3) is 4.34. The molecule has 0 radical (unpaired) electrons. The number of rotatable bonds is 6. The molecule has 94 valence electrons. The van der Waals surface area contributed by atoms with E-state index >= 15 is 0 Å². The molecule has 1 fully saturated rings. The van der Waals surface area contributed by atoms with Crippen molar-refractivity contribution in [2.75, 3.05) is 18.8 Å². The smallest absolute Gasteiger partial charge is 0.236 e. The van der Waals surface area contributed by atoms with E-state index in [2.05, 4.69) is 24.5 Å². The standard InChI is InChI=1S/C12H24N2OS/c1-4-7-13-11(15)10(2)14-9-12(3)6-5-8-16-12/h10,14H,4-9H2,1-3H3,(H,13,15). The van der Waals surface area contributed by atoms with Crippen molar-refractivity contribution >= 4 is 17.7 Å². The summed E-state index contributed by atoms with van der Waals surface area (Å²) in [7, 11) is 0. The van der Waals surface area contributed by atoms with Gasteiger partial charge in [0.2, 0.25) is 5.91 Å². The van der Waals surface area contributed by atoms with Crippen LogP contribution in [0.2, 0.25) is 0 Å². The lowest BCUT2D eigenvalue weighted by molar-refractivity contribution is -0.122. The van der Waals surface area contributed by atoms with Crippen LogP contribution in [-0.2, 0) is 4.79 Å². The third-order valence-corrected chi connectivity index (χ3v) is 4.56. The molecule has 1 amide bonds. The van der Waals surface area contributed by atoms with Crippen molar-refractivity contribution < 1.29 is 4.79 Å². The van der Waals surface area contributed by atoms with Crippen molar-refractivity contribution in [3.05, 3.63) is 0 Å². The average molecular weight is 244 g/mol. The molecule has 2 N–H and O–H groups in total. The fourth-order valence-electron chi connectivity index (χ4n) is 1.84. The van der Waals surface area contributed by atoms with E-state index in [9.17, 15) is 4.79 Å². The molecule has 16 heavy (non-hydrogen) atoms. The van der Waals surface area contributed by atoms with E-state index in [-0.39, 0.29) is 11.9 Å². The zero-order chi connectivity index (χ0) is 12.0. The second kappa shape index (κ2) is 6.50. The first-order valence-electron chi connectivity index (χ1n) is 6.22. The van der Waals surface area contributed by atoms with Crippen LogP contribution in [0.25, 0.3) is 0 Å². The Balaban J connectivity index is 2.23. The molecule has 1 aliphatic rings. The van der Waals surface area contributed by atoms with E-state index < -0.39 is 0 Å². The van der Waals surface area contributed by atoms with Gasteiger partial charge in [0.25, 0.3) is 0 Å². The highest BCUT2D eigenvalue weighted by molar-refractivity contribution is 8.00. The van der Waals surface area contributed by atoms with Gasteiger partial charge < -0.3 is 10.6 Å². The van der Waals surface area contributed by atoms with Gasteiger partial charge in [-0.25, -0.2) is 0 Å². The number of carbonyl (C=O) groups is 1. The molecule has 2 unspecified atom stereocenters. The first-order valence-corrected chi connectivity index (χ1v) is 7.21. The largest absolute Gasteiger partial charge is 0.355 e. The molecule has 2 atom stereocenters. The molecule has 0 aromatic rings. The first kappa shape index (κ1) is 13.8. The maximum absolute atomic E-state index is 11.6. The van der Waals surface area contributed by atoms with Gasteiger partial charge in [-0.2, -0.15) is 11.8 Å². The fourth-order valence-corrected chi connectivity index (χ4v) is 3.09. The number of hydrogen-bond acceptors (Lipinski definition) is 3. The molecule has 1 aliphatic heterocycles. The van der Waals surface area contributed by atoms with Crippen molar-refractivity contribution in [1.29, 1.82) is 0 Å². The van der Waals surface area contributed by atoms with Gasteiger partial charge in [-0.3, -0.25) is 4.79 Å². The lowest BCUT2D eigenvalue weighted by Crippen LogP contribution is -2.46. The van der Waals surface area contributed by atoms with Crippen molar-refractivity contribution in [3.8, 4) is 0 Å². The molecular formula is C12H24N2OS. The van der Waals surface area contributed by atoms with Gasteiger partial charge in [-0.15, -0.1) is 0 Å². The first-order chi connectivity index (χ1) is 7.57. The minimum atomic E-state index is -0.0791. The Labute approximate surface area is 103 Å². The average Bonchev–Trinajstić information content (AvgIpc) is 2.70. The van der Waals surface area contributed by atoms with E-state index in [1.54, 1.807) is 0 Å². The monoisotopic (exact) mass is 244 g/mol. The lowest BCUT2D eigenvalue weighted by Gasteiger charge is -2.25. The zero-order valence-corrected chi connectivity index (χ0v) is 11.5. The van der Waals surface area contributed by atoms with Crippen LogP contribution in [0.4, 0.5) is 0 Å². The van der Waals surface area contributed by atoms with Gasteiger partial charge in [0.1, 0.15) is 0 Å². The maximum Gasteiger partial charge on any atom is 0.236 e. The van der Waals surface area contributed by atoms with Gasteiger partial charge in [-0.05, 0) is 38.9 Å². The highest BCUT2D eigenvalue weighted by atomic mass is 32.2. The molecule has 0 bridgehead atoms. The summed E-state index contributed by atoms with van der Waals surface area (Å²) in [5.74, 6) is 1.38. The topological polar surface area (TPSA) is 41.1 Å². The highest BCUT2D eigenvalue weighted by Gasteiger charge is 2.30. The van der Waals surface area contributed by atoms with Gasteiger partial charge in [0.15, 0.2) is 0 Å². The van der Waals surface area contributed by atoms with Gasteiger partial charge in [-0.1, -0.05) is 6.92 Å². The van der Waals surface area contributed by atoms with E-state index in [1.807, 2.05) is 18.7 Å². The molecule has 1 heterocycles. The van der Waals surface area contributed by atoms with Gasteiger partial charge in [0, 0.05) is 17.8 Å². The van der Waals surface area contributed by atoms with E-state index in [0.29, 0.717) is 4.75 Å². The number of amides is 1. The molecule has 0 spiro atoms. The van der Waals surface area contributed by atoms with Gasteiger partial charge >= 0.3 is 0 Å². The summed E-state index contributed by atoms with van der Waals surface area (Å²) in [4.78, 5) is 11.6. The van der Waals surface area contributed by atoms with Crippen LogP contribution < -0.4 is 10.6 Å². The second-order valence-electron chi connectivity index (χ2n) is 4.80. The Bertz CT molecular complexity index is 227. The SMILES string of the molecule is CCCNC(=O)C(C)NCC1(C)CCCS1. The van der Waals surface area contributed by atoms with E-state index in [1.165, 1.54) is 18.6 Å². The van der Waals surface area contributed by atoms with Crippen molar-refractivity contribution in [2.45, 2.75) is 50.8 Å². The Kier molecular flexibility index (Phi) is 5.62. The van der Waals surface area contributed by atoms with Crippen LogP contribution in [-0.4, -0.2) is 35.5 Å². The molecule has 1 saturated heterocycles. The van der Waals surface area contributed by atoms with Crippen molar-refractivity contribution in [3.63, 3.8) is 0 Å². The normalized spacial score (nSPS) is 26.7. The number of carbonyl (C=O) groups excluding carboxylic acids is 1. The molecule has 0 aliphatic carbocycles. The maximum atomic E-state index is 11.6. The van der Waals surface area contributed by atoms with E-state index in [4.69, 9.17) is 0 Å². The summed E-state index contributed by atoms with van der Waals surface area (Å²) in [6, 6.07) is -0.0791. The summed E-state index contributed by atoms with van der Waals surface area (Å²) in [6.45, 7) is 7.99. The summed E-state index contributed by atoms with van der Waals surface area (Å²) < 4.78 is 0.333. The predicted molar refractivity (Wildman–Crippen MR) is 70.9 cm³/mol. The second-order valence-corrected chi connectivity index (χ2v) is 6.48. The van der Waals surface area contributed by atoms with Gasteiger partial charge in [0.05, 0.1) is 6.04 Å². The Hall–Kier alpha value is -0.220. The van der Waals surface area contributed by atoms with Crippen LogP contribution in [0.3, 0.4) is 0 Å². The summed E-state index contributed by atoms with van der Waals surface area (Å²) in [5.41, 5.74) is 0. The lowest BCUT2D eigenvalue weighted by atomic mass is 10.1. The minimum Gasteiger partial charge on any atom is -0.355 e. The number of nitrogens with one attached hydrogen (secondary N) is 2. The number of thioether (sulfide) groups is 1. The molecule has 4 heteroatoms. The Morgan fingerprint density at radius 1 is 1.56 bits per heavy atom. The van der Waals surface area contributed by atoms with Crippen molar-refractivity contribution in [1.82, 2.24) is 10.6 Å². The fraction of sp³-hybridized carbons (Fsp3) is 0.917. The quantitative estimate of drug-likeness (QED) is 0.748. The summed E-state index contributed by atoms with van der Waals surface area (Å²) in [5, 5.41) is 6.25. The third-order valence-electron chi connectivity index (χ3n) is 3.03. The Morgan fingerprint density at radius 3 is 2.88 bits per heavy atom. The van der Waals surface area contributed by atoms with Crippen LogP contribution >= 0.6 is 11.8 Å². The molecule has 1 rings (SSSR count). The summed E-state index contributed by atoms with van der Waals surface area (Å²) in [6.07, 6.45) is 3.55. The Morgan fingerprint density at radius 2 is 2.31 bits per heavy atom. The van der Waals surface area contributed by atoms with Crippen molar-refractivity contribution in [2.24, 2.45) is 0 Å². The van der Waals surface area contributed by atoms with E-state index in [0.717, 1.165) is 19.5 Å². The van der Waals surface area contributed by atoms with Crippen LogP contribution in [0.1, 0.15) is 40.0 Å². The molecule has 3 nitrogen and oxygen atoms in total. The summed E-state index contributed by atoms with van der Waals surface area (Å²) >= 11 is 2.02.